The van der Waals surface area contributed by atoms with Crippen molar-refractivity contribution in [2.45, 2.75) is 20.4 Å². The van der Waals surface area contributed by atoms with Crippen LogP contribution in [-0.4, -0.2) is 25.8 Å². The van der Waals surface area contributed by atoms with E-state index in [2.05, 4.69) is 10.2 Å². The minimum absolute atomic E-state index is 0.599. The second kappa shape index (κ2) is 3.92. The van der Waals surface area contributed by atoms with Crippen LogP contribution in [0.15, 0.2) is 12.3 Å². The highest BCUT2D eigenvalue weighted by Gasteiger charge is 2.11. The number of hydrogen-bond donors (Lipinski definition) is 0. The van der Waals surface area contributed by atoms with Crippen molar-refractivity contribution in [1.29, 1.82) is 0 Å². The lowest BCUT2D eigenvalue weighted by Crippen LogP contribution is -2.05. The molecule has 2 heterocycles. The monoisotopic (exact) mass is 218 g/mol. The van der Waals surface area contributed by atoms with Gasteiger partial charge in [0, 0.05) is 18.9 Å². The van der Waals surface area contributed by atoms with Gasteiger partial charge in [-0.05, 0) is 19.9 Å². The Kier molecular flexibility index (Phi) is 2.60. The normalized spacial score (nSPS) is 10.7. The molecule has 0 N–H and O–H groups in total. The van der Waals surface area contributed by atoms with Gasteiger partial charge in [-0.2, -0.15) is 10.2 Å². The first kappa shape index (κ1) is 10.6. The standard InChI is InChI=1S/C11H14N4O/c1-8-11(7-16)9(2)15(12-8)6-10-4-5-14(3)13-10/h4-5,7H,6H2,1-3H3. The van der Waals surface area contributed by atoms with E-state index >= 15 is 0 Å². The van der Waals surface area contributed by atoms with Crippen molar-refractivity contribution in [3.8, 4) is 0 Å². The molecule has 0 aromatic carbocycles. The first-order valence-corrected chi connectivity index (χ1v) is 5.09. The van der Waals surface area contributed by atoms with E-state index in [1.807, 2.05) is 33.2 Å². The number of carbonyl (C=O) groups excluding carboxylic acids is 1. The highest BCUT2D eigenvalue weighted by Crippen LogP contribution is 2.11. The van der Waals surface area contributed by atoms with E-state index in [0.29, 0.717) is 12.1 Å². The molecule has 0 aliphatic carbocycles. The zero-order valence-electron chi connectivity index (χ0n) is 9.64. The molecule has 0 saturated carbocycles. The van der Waals surface area contributed by atoms with Crippen molar-refractivity contribution >= 4 is 6.29 Å². The van der Waals surface area contributed by atoms with E-state index in [1.165, 1.54) is 0 Å². The smallest absolute Gasteiger partial charge is 0.153 e. The number of aromatic nitrogens is 4. The number of nitrogens with zero attached hydrogens (tertiary/aromatic N) is 4. The molecule has 2 rings (SSSR count). The first-order chi connectivity index (χ1) is 7.61. The fourth-order valence-electron chi connectivity index (χ4n) is 1.74. The van der Waals surface area contributed by atoms with Crippen LogP contribution < -0.4 is 0 Å². The summed E-state index contributed by atoms with van der Waals surface area (Å²) in [5, 5.41) is 8.60. The van der Waals surface area contributed by atoms with Crippen molar-refractivity contribution in [2.24, 2.45) is 7.05 Å². The molecular weight excluding hydrogens is 204 g/mol. The molecule has 2 aromatic heterocycles. The van der Waals surface area contributed by atoms with Gasteiger partial charge in [-0.1, -0.05) is 0 Å². The van der Waals surface area contributed by atoms with E-state index in [9.17, 15) is 4.79 Å². The van der Waals surface area contributed by atoms with Gasteiger partial charge >= 0.3 is 0 Å². The number of aryl methyl sites for hydroxylation is 2. The first-order valence-electron chi connectivity index (χ1n) is 5.09. The van der Waals surface area contributed by atoms with Gasteiger partial charge in [0.05, 0.1) is 23.5 Å². The average molecular weight is 218 g/mol. The van der Waals surface area contributed by atoms with Crippen LogP contribution in [0.5, 0.6) is 0 Å². The van der Waals surface area contributed by atoms with Crippen LogP contribution in [0, 0.1) is 13.8 Å². The van der Waals surface area contributed by atoms with Crippen LogP contribution in [0.25, 0.3) is 0 Å². The summed E-state index contributed by atoms with van der Waals surface area (Å²) in [4.78, 5) is 10.8. The number of hydrogen-bond acceptors (Lipinski definition) is 3. The molecule has 2 aromatic rings. The third kappa shape index (κ3) is 1.76. The maximum atomic E-state index is 10.8. The zero-order valence-corrected chi connectivity index (χ0v) is 9.64. The van der Waals surface area contributed by atoms with E-state index in [4.69, 9.17) is 0 Å². The predicted octanol–water partition coefficient (Wildman–Crippen LogP) is 1.09. The summed E-state index contributed by atoms with van der Waals surface area (Å²) in [7, 11) is 1.88. The lowest BCUT2D eigenvalue weighted by Gasteiger charge is -2.01. The van der Waals surface area contributed by atoms with Gasteiger partial charge in [0.25, 0.3) is 0 Å². The Hall–Kier alpha value is -1.91. The number of rotatable bonds is 3. The maximum Gasteiger partial charge on any atom is 0.153 e. The zero-order chi connectivity index (χ0) is 11.7. The van der Waals surface area contributed by atoms with Crippen molar-refractivity contribution in [3.05, 3.63) is 34.9 Å². The third-order valence-corrected chi connectivity index (χ3v) is 2.64. The molecule has 0 unspecified atom stereocenters. The molecule has 5 nitrogen and oxygen atoms in total. The van der Waals surface area contributed by atoms with Gasteiger partial charge < -0.3 is 0 Å². The summed E-state index contributed by atoms with van der Waals surface area (Å²) in [5.74, 6) is 0. The molecule has 16 heavy (non-hydrogen) atoms. The van der Waals surface area contributed by atoms with E-state index in [-0.39, 0.29) is 0 Å². The van der Waals surface area contributed by atoms with E-state index < -0.39 is 0 Å². The van der Waals surface area contributed by atoms with Crippen LogP contribution in [-0.2, 0) is 13.6 Å². The molecule has 0 amide bonds. The van der Waals surface area contributed by atoms with E-state index in [0.717, 1.165) is 23.4 Å². The summed E-state index contributed by atoms with van der Waals surface area (Å²) >= 11 is 0. The van der Waals surface area contributed by atoms with Gasteiger partial charge in [0.1, 0.15) is 0 Å². The van der Waals surface area contributed by atoms with Crippen molar-refractivity contribution in [1.82, 2.24) is 19.6 Å². The molecule has 0 saturated heterocycles. The Morgan fingerprint density at radius 2 is 2.12 bits per heavy atom. The van der Waals surface area contributed by atoms with Crippen LogP contribution >= 0.6 is 0 Å². The van der Waals surface area contributed by atoms with Crippen LogP contribution in [0.1, 0.15) is 27.4 Å². The average Bonchev–Trinajstić information content (AvgIpc) is 2.74. The lowest BCUT2D eigenvalue weighted by atomic mass is 10.2. The lowest BCUT2D eigenvalue weighted by molar-refractivity contribution is 0.112. The molecule has 0 aliphatic heterocycles. The molecule has 0 bridgehead atoms. The molecule has 0 aliphatic rings. The van der Waals surface area contributed by atoms with Gasteiger partial charge in [-0.3, -0.25) is 14.2 Å². The van der Waals surface area contributed by atoms with Crippen LogP contribution in [0.2, 0.25) is 0 Å². The summed E-state index contributed by atoms with van der Waals surface area (Å²) in [6.07, 6.45) is 2.74. The van der Waals surface area contributed by atoms with Gasteiger partial charge in [0.15, 0.2) is 6.29 Å². The molecule has 0 atom stereocenters. The van der Waals surface area contributed by atoms with Crippen molar-refractivity contribution in [2.75, 3.05) is 0 Å². The highest BCUT2D eigenvalue weighted by molar-refractivity contribution is 5.78. The summed E-state index contributed by atoms with van der Waals surface area (Å²) in [6.45, 7) is 4.33. The Labute approximate surface area is 93.7 Å². The molecule has 84 valence electrons. The Morgan fingerprint density at radius 3 is 2.62 bits per heavy atom. The molecule has 5 heteroatoms. The largest absolute Gasteiger partial charge is 0.298 e. The fourth-order valence-corrected chi connectivity index (χ4v) is 1.74. The Morgan fingerprint density at radius 1 is 1.38 bits per heavy atom. The molecule has 0 fully saturated rings. The Bertz CT molecular complexity index is 524. The van der Waals surface area contributed by atoms with Crippen molar-refractivity contribution < 1.29 is 4.79 Å². The maximum absolute atomic E-state index is 10.8. The fraction of sp³-hybridized carbons (Fsp3) is 0.364. The molecule has 0 spiro atoms. The summed E-state index contributed by atoms with van der Waals surface area (Å²) in [5.41, 5.74) is 3.27. The van der Waals surface area contributed by atoms with Crippen LogP contribution in [0.3, 0.4) is 0 Å². The quantitative estimate of drug-likeness (QED) is 0.725. The van der Waals surface area contributed by atoms with E-state index in [1.54, 1.807) is 9.36 Å². The Balaban J connectivity index is 2.31. The number of aldehydes is 1. The van der Waals surface area contributed by atoms with Crippen molar-refractivity contribution in [3.63, 3.8) is 0 Å². The summed E-state index contributed by atoms with van der Waals surface area (Å²) < 4.78 is 3.56. The van der Waals surface area contributed by atoms with Crippen LogP contribution in [0.4, 0.5) is 0 Å². The number of carbonyl (C=O) groups is 1. The second-order valence-electron chi connectivity index (χ2n) is 3.84. The third-order valence-electron chi connectivity index (χ3n) is 2.64. The predicted molar refractivity (Wildman–Crippen MR) is 59.4 cm³/mol. The highest BCUT2D eigenvalue weighted by atomic mass is 16.1. The van der Waals surface area contributed by atoms with Gasteiger partial charge in [-0.15, -0.1) is 0 Å². The SMILES string of the molecule is Cc1nn(Cc2ccn(C)n2)c(C)c1C=O. The topological polar surface area (TPSA) is 52.7 Å². The summed E-state index contributed by atoms with van der Waals surface area (Å²) in [6, 6.07) is 1.94. The minimum Gasteiger partial charge on any atom is -0.298 e. The minimum atomic E-state index is 0.599. The van der Waals surface area contributed by atoms with Gasteiger partial charge in [-0.25, -0.2) is 0 Å². The van der Waals surface area contributed by atoms with Gasteiger partial charge in [0.2, 0.25) is 0 Å². The molecule has 0 radical (unpaired) electrons. The molecular formula is C11H14N4O. The second-order valence-corrected chi connectivity index (χ2v) is 3.84.